The van der Waals surface area contributed by atoms with Crippen molar-refractivity contribution in [2.75, 3.05) is 0 Å². The van der Waals surface area contributed by atoms with Gasteiger partial charge in [0.15, 0.2) is 0 Å². The molecule has 0 unspecified atom stereocenters. The van der Waals surface area contributed by atoms with E-state index in [1.807, 2.05) is 0 Å². The molecule has 0 fully saturated rings. The lowest BCUT2D eigenvalue weighted by molar-refractivity contribution is 0.552. The molecule has 0 saturated carbocycles. The average molecular weight is 528 g/mol. The first-order valence-electron chi connectivity index (χ1n) is 13.0. The molecule has 0 aromatic heterocycles. The summed E-state index contributed by atoms with van der Waals surface area (Å²) < 4.78 is 0. The van der Waals surface area contributed by atoms with Crippen molar-refractivity contribution in [3.63, 3.8) is 0 Å². The predicted octanol–water partition coefficient (Wildman–Crippen LogP) is 10.4. The second-order valence-electron chi connectivity index (χ2n) is 17.8. The summed E-state index contributed by atoms with van der Waals surface area (Å²) in [7, 11) is -4.30. The molecule has 32 heavy (non-hydrogen) atoms. The molecule has 0 aliphatic rings. The Morgan fingerprint density at radius 3 is 0.750 bits per heavy atom. The van der Waals surface area contributed by atoms with Crippen LogP contribution in [0.5, 0.6) is 0 Å². The summed E-state index contributed by atoms with van der Waals surface area (Å²) in [6.45, 7) is 55.8. The predicted molar refractivity (Wildman–Crippen MR) is 165 cm³/mol. The van der Waals surface area contributed by atoms with Crippen LogP contribution >= 0.6 is 0 Å². The first kappa shape index (κ1) is 33.1. The first-order valence-corrected chi connectivity index (χ1v) is 27.0. The van der Waals surface area contributed by atoms with Gasteiger partial charge in [-0.3, -0.25) is 0 Å². The second kappa shape index (κ2) is 8.88. The van der Waals surface area contributed by atoms with Crippen molar-refractivity contribution < 1.29 is 0 Å². The zero-order valence-electron chi connectivity index (χ0n) is 26.5. The third-order valence-electron chi connectivity index (χ3n) is 8.19. The van der Waals surface area contributed by atoms with Crippen LogP contribution in [-0.2, 0) is 0 Å². The van der Waals surface area contributed by atoms with E-state index in [1.54, 1.807) is 0 Å². The van der Waals surface area contributed by atoms with Crippen molar-refractivity contribution in [2.24, 2.45) is 0 Å². The summed E-state index contributed by atoms with van der Waals surface area (Å²) in [5.41, 5.74) is 0. The maximum Gasteiger partial charge on any atom is 0.0548 e. The van der Waals surface area contributed by atoms with Gasteiger partial charge in [-0.15, -0.1) is 0 Å². The van der Waals surface area contributed by atoms with Crippen molar-refractivity contribution in [1.29, 1.82) is 0 Å². The number of rotatable bonds is 4. The number of hydrogen-bond acceptors (Lipinski definition) is 0. The smallest absolute Gasteiger partial charge is 0.0548 e. The van der Waals surface area contributed by atoms with Gasteiger partial charge in [-0.1, -0.05) is 144 Å². The molecule has 3 radical (unpaired) electrons. The van der Waals surface area contributed by atoms with Crippen molar-refractivity contribution in [1.82, 2.24) is 0 Å². The van der Waals surface area contributed by atoms with E-state index in [2.05, 4.69) is 144 Å². The van der Waals surface area contributed by atoms with E-state index in [0.717, 1.165) is 0 Å². The van der Waals surface area contributed by atoms with Crippen molar-refractivity contribution in [3.05, 3.63) is 0 Å². The maximum atomic E-state index is 2.77. The van der Waals surface area contributed by atoms with Gasteiger partial charge in [0, 0.05) is 23.5 Å². The SMILES string of the molecule is CC(C)(C)[Si]([Si][Si]([Si](C)(C)C)[Si](C(C)(C)C)(C(C)(C)C)C(C)(C)C)(C(C)(C)C)C(C)(C)C. The fourth-order valence-electron chi connectivity index (χ4n) is 9.47. The molecule has 0 amide bonds. The summed E-state index contributed by atoms with van der Waals surface area (Å²) in [6.07, 6.45) is 0. The van der Waals surface area contributed by atoms with Crippen LogP contribution in [0.2, 0.25) is 49.9 Å². The lowest BCUT2D eigenvalue weighted by Crippen LogP contribution is -2.82. The van der Waals surface area contributed by atoms with Gasteiger partial charge in [0.2, 0.25) is 0 Å². The first-order chi connectivity index (χ1) is 13.3. The molecular formula is C27H63Si5. The van der Waals surface area contributed by atoms with E-state index in [9.17, 15) is 0 Å². The van der Waals surface area contributed by atoms with E-state index in [4.69, 9.17) is 0 Å². The lowest BCUT2D eigenvalue weighted by atomic mass is 10.2. The molecule has 0 nitrogen and oxygen atoms in total. The highest BCUT2D eigenvalue weighted by Gasteiger charge is 2.70. The van der Waals surface area contributed by atoms with E-state index in [0.29, 0.717) is 30.2 Å². The lowest BCUT2D eigenvalue weighted by Gasteiger charge is -2.69. The monoisotopic (exact) mass is 527 g/mol. The van der Waals surface area contributed by atoms with Gasteiger partial charge in [0.1, 0.15) is 0 Å². The van der Waals surface area contributed by atoms with E-state index < -0.39 is 30.1 Å². The highest BCUT2D eigenvalue weighted by atomic mass is 30.0. The molecule has 0 N–H and O–H groups in total. The van der Waals surface area contributed by atoms with Gasteiger partial charge in [-0.2, -0.15) is 0 Å². The molecule has 0 atom stereocenters. The molecule has 0 rings (SSSR count). The molecule has 0 aromatic carbocycles. The molecule has 0 aliphatic heterocycles. The zero-order chi connectivity index (χ0) is 26.8. The Morgan fingerprint density at radius 2 is 0.625 bits per heavy atom. The van der Waals surface area contributed by atoms with E-state index >= 15 is 0 Å². The molecule has 5 heteroatoms. The topological polar surface area (TPSA) is 0 Å². The summed E-state index contributed by atoms with van der Waals surface area (Å²) in [4.78, 5) is 0. The van der Waals surface area contributed by atoms with Gasteiger partial charge in [0.05, 0.1) is 15.2 Å². The van der Waals surface area contributed by atoms with Crippen LogP contribution < -0.4 is 0 Å². The quantitative estimate of drug-likeness (QED) is 0.319. The van der Waals surface area contributed by atoms with Crippen LogP contribution in [0.4, 0.5) is 0 Å². The maximum absolute atomic E-state index is 2.77. The Labute approximate surface area is 212 Å². The summed E-state index contributed by atoms with van der Waals surface area (Å²) in [6, 6.07) is 0. The molecular weight excluding hydrogens is 465 g/mol. The van der Waals surface area contributed by atoms with Gasteiger partial charge in [0.25, 0.3) is 0 Å². The fourth-order valence-corrected chi connectivity index (χ4v) is 119. The Hall–Kier alpha value is 1.08. The van der Waals surface area contributed by atoms with Crippen LogP contribution in [0.1, 0.15) is 125 Å². The molecule has 0 aromatic rings. The normalized spacial score (nSPS) is 16.7. The highest BCUT2D eigenvalue weighted by Crippen LogP contribution is 2.67. The fraction of sp³-hybridized carbons (Fsp3) is 1.00. The van der Waals surface area contributed by atoms with Crippen molar-refractivity contribution >= 4 is 38.7 Å². The van der Waals surface area contributed by atoms with Gasteiger partial charge < -0.3 is 0 Å². The van der Waals surface area contributed by atoms with E-state index in [-0.39, 0.29) is 0 Å². The van der Waals surface area contributed by atoms with E-state index in [1.165, 1.54) is 8.55 Å². The minimum atomic E-state index is -1.80. The Bertz CT molecular complexity index is 557. The molecule has 0 spiro atoms. The Balaban J connectivity index is 7.89. The standard InChI is InChI=1S/C27H63Si5/c1-22(2,3)31(23(4,5)6,24(7,8)9)28-29(30(19,20)21)32(25(10,11)12,26(13,14)15)27(16,17)18/h1-21H3. The average Bonchev–Trinajstić information content (AvgIpc) is 2.31. The third-order valence-corrected chi connectivity index (χ3v) is 79.3. The summed E-state index contributed by atoms with van der Waals surface area (Å²) in [5.74, 6) is 0. The van der Waals surface area contributed by atoms with Gasteiger partial charge in [-0.05, 0) is 30.2 Å². The minimum absolute atomic E-state index is 0.394. The molecule has 191 valence electrons. The zero-order valence-corrected chi connectivity index (χ0v) is 31.5. The van der Waals surface area contributed by atoms with Crippen LogP contribution in [0, 0.1) is 0 Å². The minimum Gasteiger partial charge on any atom is -0.0721 e. The van der Waals surface area contributed by atoms with Gasteiger partial charge in [-0.25, -0.2) is 0 Å². The van der Waals surface area contributed by atoms with Crippen LogP contribution in [0.15, 0.2) is 0 Å². The van der Waals surface area contributed by atoms with Crippen LogP contribution in [0.3, 0.4) is 0 Å². The Kier molecular flexibility index (Phi) is 9.18. The van der Waals surface area contributed by atoms with Crippen LogP contribution in [-0.4, -0.2) is 38.7 Å². The molecule has 0 heterocycles. The molecule has 0 bridgehead atoms. The summed E-state index contributed by atoms with van der Waals surface area (Å²) in [5, 5.41) is 2.39. The van der Waals surface area contributed by atoms with Crippen LogP contribution in [0.25, 0.3) is 0 Å². The van der Waals surface area contributed by atoms with Crippen molar-refractivity contribution in [2.45, 2.75) is 174 Å². The Morgan fingerprint density at radius 1 is 0.406 bits per heavy atom. The molecule has 0 saturated heterocycles. The van der Waals surface area contributed by atoms with Gasteiger partial charge >= 0.3 is 0 Å². The highest BCUT2D eigenvalue weighted by molar-refractivity contribution is 7.85. The molecule has 0 aliphatic carbocycles. The van der Waals surface area contributed by atoms with Crippen molar-refractivity contribution in [3.8, 4) is 0 Å². The number of hydrogen-bond donors (Lipinski definition) is 0. The third kappa shape index (κ3) is 5.41. The summed E-state index contributed by atoms with van der Waals surface area (Å²) >= 11 is 0. The second-order valence-corrected chi connectivity index (χ2v) is 56.2. The largest absolute Gasteiger partial charge is 0.0721 e.